The largest absolute Gasteiger partial charge is 0.318 e. The monoisotopic (exact) mass is 360 g/mol. The second-order valence-corrected chi connectivity index (χ2v) is 5.99. The number of aryl methyl sites for hydroxylation is 3. The van der Waals surface area contributed by atoms with Gasteiger partial charge in [0.2, 0.25) is 0 Å². The summed E-state index contributed by atoms with van der Waals surface area (Å²) in [4.78, 5) is 24.0. The first-order chi connectivity index (χ1) is 10.4. The molecule has 0 saturated carbocycles. The molecule has 0 unspecified atom stereocenters. The Morgan fingerprint density at radius 2 is 1.45 bits per heavy atom. The zero-order valence-corrected chi connectivity index (χ0v) is 14.2. The fourth-order valence-corrected chi connectivity index (χ4v) is 2.34. The first-order valence-corrected chi connectivity index (χ1v) is 7.62. The molecule has 0 aromatic heterocycles. The Kier molecular flexibility index (Phi) is 4.98. The maximum atomic E-state index is 12.0. The molecule has 0 aliphatic rings. The van der Waals surface area contributed by atoms with Gasteiger partial charge in [-0.15, -0.1) is 0 Å². The topological polar surface area (TPSA) is 58.2 Å². The molecule has 0 fully saturated rings. The number of para-hydroxylation sites is 1. The predicted molar refractivity (Wildman–Crippen MR) is 92.1 cm³/mol. The third-order valence-electron chi connectivity index (χ3n) is 3.34. The van der Waals surface area contributed by atoms with E-state index in [4.69, 9.17) is 0 Å². The maximum absolute atomic E-state index is 12.0. The minimum absolute atomic E-state index is 0.586. The van der Waals surface area contributed by atoms with Crippen molar-refractivity contribution in [3.8, 4) is 0 Å². The van der Waals surface area contributed by atoms with E-state index >= 15 is 0 Å². The Morgan fingerprint density at radius 1 is 0.864 bits per heavy atom. The number of carbonyl (C=O) groups is 2. The van der Waals surface area contributed by atoms with Crippen LogP contribution in [0.25, 0.3) is 0 Å². The quantitative estimate of drug-likeness (QED) is 0.796. The van der Waals surface area contributed by atoms with Gasteiger partial charge in [0.15, 0.2) is 0 Å². The molecule has 2 aromatic rings. The minimum Gasteiger partial charge on any atom is -0.318 e. The molecule has 4 nitrogen and oxygen atoms in total. The average Bonchev–Trinajstić information content (AvgIpc) is 2.46. The van der Waals surface area contributed by atoms with Crippen LogP contribution in [-0.4, -0.2) is 11.8 Å². The first-order valence-electron chi connectivity index (χ1n) is 6.83. The van der Waals surface area contributed by atoms with Crippen molar-refractivity contribution in [2.75, 3.05) is 10.6 Å². The molecule has 0 radical (unpaired) electrons. The Morgan fingerprint density at radius 3 is 2.05 bits per heavy atom. The van der Waals surface area contributed by atoms with Crippen molar-refractivity contribution in [3.63, 3.8) is 0 Å². The number of benzene rings is 2. The van der Waals surface area contributed by atoms with Gasteiger partial charge in [-0.3, -0.25) is 9.59 Å². The standard InChI is InChI=1S/C17H17BrN2O2/c1-10-5-4-6-11(2)15(10)20-17(22)16(21)19-13-7-8-14(18)12(3)9-13/h4-9H,1-3H3,(H,19,21)(H,20,22). The zero-order chi connectivity index (χ0) is 16.3. The molecular weight excluding hydrogens is 344 g/mol. The van der Waals surface area contributed by atoms with Crippen LogP contribution >= 0.6 is 15.9 Å². The Balaban J connectivity index is 2.09. The van der Waals surface area contributed by atoms with Crippen LogP contribution in [0.4, 0.5) is 11.4 Å². The average molecular weight is 361 g/mol. The lowest BCUT2D eigenvalue weighted by Crippen LogP contribution is -2.29. The van der Waals surface area contributed by atoms with Crippen molar-refractivity contribution in [3.05, 3.63) is 57.6 Å². The van der Waals surface area contributed by atoms with E-state index in [1.807, 2.05) is 45.0 Å². The summed E-state index contributed by atoms with van der Waals surface area (Å²) >= 11 is 3.39. The van der Waals surface area contributed by atoms with Crippen molar-refractivity contribution in [2.24, 2.45) is 0 Å². The van der Waals surface area contributed by atoms with Crippen LogP contribution in [0.3, 0.4) is 0 Å². The van der Waals surface area contributed by atoms with Gasteiger partial charge in [0, 0.05) is 15.8 Å². The normalized spacial score (nSPS) is 10.2. The molecule has 2 amide bonds. The van der Waals surface area contributed by atoms with Crippen molar-refractivity contribution in [1.29, 1.82) is 0 Å². The lowest BCUT2D eigenvalue weighted by atomic mass is 10.1. The molecule has 2 aromatic carbocycles. The molecule has 22 heavy (non-hydrogen) atoms. The van der Waals surface area contributed by atoms with Gasteiger partial charge in [-0.05, 0) is 55.7 Å². The van der Waals surface area contributed by atoms with E-state index in [1.165, 1.54) is 0 Å². The number of anilines is 2. The van der Waals surface area contributed by atoms with Crippen LogP contribution in [0.5, 0.6) is 0 Å². The van der Waals surface area contributed by atoms with Crippen molar-refractivity contribution in [2.45, 2.75) is 20.8 Å². The number of nitrogens with one attached hydrogen (secondary N) is 2. The van der Waals surface area contributed by atoms with E-state index in [-0.39, 0.29) is 0 Å². The molecule has 0 saturated heterocycles. The highest BCUT2D eigenvalue weighted by molar-refractivity contribution is 9.10. The smallest absolute Gasteiger partial charge is 0.314 e. The van der Waals surface area contributed by atoms with Crippen LogP contribution < -0.4 is 10.6 Å². The van der Waals surface area contributed by atoms with E-state index in [0.717, 1.165) is 21.2 Å². The van der Waals surface area contributed by atoms with E-state index in [2.05, 4.69) is 26.6 Å². The fraction of sp³-hybridized carbons (Fsp3) is 0.176. The van der Waals surface area contributed by atoms with Gasteiger partial charge in [0.25, 0.3) is 0 Å². The van der Waals surface area contributed by atoms with Gasteiger partial charge >= 0.3 is 11.8 Å². The van der Waals surface area contributed by atoms with Crippen molar-refractivity contribution in [1.82, 2.24) is 0 Å². The van der Waals surface area contributed by atoms with E-state index in [1.54, 1.807) is 12.1 Å². The number of hydrogen-bond donors (Lipinski definition) is 2. The lowest BCUT2D eigenvalue weighted by molar-refractivity contribution is -0.133. The van der Waals surface area contributed by atoms with Crippen LogP contribution in [0.1, 0.15) is 16.7 Å². The highest BCUT2D eigenvalue weighted by Gasteiger charge is 2.16. The summed E-state index contributed by atoms with van der Waals surface area (Å²) in [5.41, 5.74) is 4.08. The third kappa shape index (κ3) is 3.74. The third-order valence-corrected chi connectivity index (χ3v) is 4.23. The number of carbonyl (C=O) groups excluding carboxylic acids is 2. The Labute approximate surface area is 138 Å². The van der Waals surface area contributed by atoms with Crippen LogP contribution in [-0.2, 0) is 9.59 Å². The van der Waals surface area contributed by atoms with Gasteiger partial charge in [-0.1, -0.05) is 34.1 Å². The number of halogens is 1. The molecular formula is C17H17BrN2O2. The van der Waals surface area contributed by atoms with Crippen molar-refractivity contribution < 1.29 is 9.59 Å². The number of hydrogen-bond acceptors (Lipinski definition) is 2. The van der Waals surface area contributed by atoms with Gasteiger partial charge in [-0.2, -0.15) is 0 Å². The highest BCUT2D eigenvalue weighted by Crippen LogP contribution is 2.21. The fourth-order valence-electron chi connectivity index (χ4n) is 2.09. The minimum atomic E-state index is -0.690. The van der Waals surface area contributed by atoms with Gasteiger partial charge in [-0.25, -0.2) is 0 Å². The van der Waals surface area contributed by atoms with Gasteiger partial charge < -0.3 is 10.6 Å². The Hall–Kier alpha value is -2.14. The Bertz CT molecular complexity index is 721. The molecule has 0 aliphatic carbocycles. The molecule has 0 atom stereocenters. The zero-order valence-electron chi connectivity index (χ0n) is 12.7. The summed E-state index contributed by atoms with van der Waals surface area (Å²) in [6, 6.07) is 11.0. The number of rotatable bonds is 2. The number of amides is 2. The van der Waals surface area contributed by atoms with Crippen molar-refractivity contribution >= 4 is 39.1 Å². The first kappa shape index (κ1) is 16.2. The SMILES string of the molecule is Cc1cc(NC(=O)C(=O)Nc2c(C)cccc2C)ccc1Br. The molecule has 0 heterocycles. The van der Waals surface area contributed by atoms with E-state index in [0.29, 0.717) is 11.4 Å². The second kappa shape index (κ2) is 6.75. The molecule has 5 heteroatoms. The van der Waals surface area contributed by atoms with Crippen LogP contribution in [0.2, 0.25) is 0 Å². The van der Waals surface area contributed by atoms with Crippen LogP contribution in [0.15, 0.2) is 40.9 Å². The molecule has 114 valence electrons. The van der Waals surface area contributed by atoms with Gasteiger partial charge in [0.05, 0.1) is 0 Å². The predicted octanol–water partition coefficient (Wildman–Crippen LogP) is 3.95. The maximum Gasteiger partial charge on any atom is 0.314 e. The molecule has 2 N–H and O–H groups in total. The summed E-state index contributed by atoms with van der Waals surface area (Å²) in [6.45, 7) is 5.69. The highest BCUT2D eigenvalue weighted by atomic mass is 79.9. The van der Waals surface area contributed by atoms with E-state index in [9.17, 15) is 9.59 Å². The van der Waals surface area contributed by atoms with Gasteiger partial charge in [0.1, 0.15) is 0 Å². The molecule has 2 rings (SSSR count). The lowest BCUT2D eigenvalue weighted by Gasteiger charge is -2.11. The summed E-state index contributed by atoms with van der Waals surface area (Å²) in [5, 5.41) is 5.26. The summed E-state index contributed by atoms with van der Waals surface area (Å²) in [6.07, 6.45) is 0. The second-order valence-electron chi connectivity index (χ2n) is 5.14. The molecule has 0 bridgehead atoms. The summed E-state index contributed by atoms with van der Waals surface area (Å²) < 4.78 is 0.950. The molecule has 0 spiro atoms. The van der Waals surface area contributed by atoms with Crippen LogP contribution in [0, 0.1) is 20.8 Å². The van der Waals surface area contributed by atoms with E-state index < -0.39 is 11.8 Å². The summed E-state index contributed by atoms with van der Waals surface area (Å²) in [5.74, 6) is -1.37. The summed E-state index contributed by atoms with van der Waals surface area (Å²) in [7, 11) is 0. The molecule has 0 aliphatic heterocycles.